The SMILES string of the molecule is O=C(O)N[C@@H]1CCCCNC1. The second-order valence-corrected chi connectivity index (χ2v) is 2.85. The fraction of sp³-hybridized carbons (Fsp3) is 0.857. The van der Waals surface area contributed by atoms with Crippen molar-refractivity contribution in [1.82, 2.24) is 10.6 Å². The lowest BCUT2D eigenvalue weighted by Crippen LogP contribution is -2.39. The molecule has 1 aliphatic rings. The van der Waals surface area contributed by atoms with Gasteiger partial charge in [-0.25, -0.2) is 4.79 Å². The maximum atomic E-state index is 10.2. The van der Waals surface area contributed by atoms with Crippen molar-refractivity contribution in [3.63, 3.8) is 0 Å². The third kappa shape index (κ3) is 3.23. The van der Waals surface area contributed by atoms with Gasteiger partial charge in [-0.15, -0.1) is 0 Å². The minimum Gasteiger partial charge on any atom is -0.465 e. The highest BCUT2D eigenvalue weighted by Crippen LogP contribution is 2.03. The number of nitrogens with one attached hydrogen (secondary N) is 2. The van der Waals surface area contributed by atoms with Gasteiger partial charge in [0, 0.05) is 12.6 Å². The molecule has 1 aliphatic heterocycles. The third-order valence-corrected chi connectivity index (χ3v) is 1.87. The predicted molar refractivity (Wildman–Crippen MR) is 41.7 cm³/mol. The van der Waals surface area contributed by atoms with Crippen molar-refractivity contribution in [2.45, 2.75) is 25.3 Å². The summed E-state index contributed by atoms with van der Waals surface area (Å²) in [6.07, 6.45) is 2.30. The van der Waals surface area contributed by atoms with Gasteiger partial charge in [0.1, 0.15) is 0 Å². The van der Waals surface area contributed by atoms with Gasteiger partial charge in [0.15, 0.2) is 0 Å². The van der Waals surface area contributed by atoms with Gasteiger partial charge < -0.3 is 15.7 Å². The van der Waals surface area contributed by atoms with E-state index in [9.17, 15) is 4.79 Å². The highest BCUT2D eigenvalue weighted by atomic mass is 16.4. The molecule has 1 fully saturated rings. The Bertz CT molecular complexity index is 130. The largest absolute Gasteiger partial charge is 0.465 e. The van der Waals surface area contributed by atoms with E-state index in [2.05, 4.69) is 10.6 Å². The zero-order valence-electron chi connectivity index (χ0n) is 6.47. The summed E-state index contributed by atoms with van der Waals surface area (Å²) >= 11 is 0. The Morgan fingerprint density at radius 2 is 2.36 bits per heavy atom. The molecule has 1 saturated heterocycles. The minimum atomic E-state index is -0.918. The average molecular weight is 158 g/mol. The van der Waals surface area contributed by atoms with E-state index in [4.69, 9.17) is 5.11 Å². The Kier molecular flexibility index (Phi) is 3.16. The van der Waals surface area contributed by atoms with E-state index in [-0.39, 0.29) is 6.04 Å². The molecule has 3 N–H and O–H groups in total. The molecule has 1 amide bonds. The summed E-state index contributed by atoms with van der Waals surface area (Å²) in [5.41, 5.74) is 0. The van der Waals surface area contributed by atoms with Gasteiger partial charge in [-0.3, -0.25) is 0 Å². The predicted octanol–water partition coefficient (Wildman–Crippen LogP) is 0.396. The van der Waals surface area contributed by atoms with Gasteiger partial charge in [0.2, 0.25) is 0 Å². The summed E-state index contributed by atoms with van der Waals surface area (Å²) in [7, 11) is 0. The summed E-state index contributed by atoms with van der Waals surface area (Å²) in [6.45, 7) is 1.78. The van der Waals surface area contributed by atoms with E-state index >= 15 is 0 Å². The Balaban J connectivity index is 2.25. The van der Waals surface area contributed by atoms with Crippen molar-refractivity contribution >= 4 is 6.09 Å². The quantitative estimate of drug-likeness (QED) is 0.517. The van der Waals surface area contributed by atoms with Crippen molar-refractivity contribution in [2.75, 3.05) is 13.1 Å². The van der Waals surface area contributed by atoms with Crippen LogP contribution in [0.3, 0.4) is 0 Å². The second-order valence-electron chi connectivity index (χ2n) is 2.85. The molecule has 1 rings (SSSR count). The summed E-state index contributed by atoms with van der Waals surface area (Å²) in [6, 6.07) is 0.106. The van der Waals surface area contributed by atoms with Crippen LogP contribution in [0.25, 0.3) is 0 Å². The molecule has 4 nitrogen and oxygen atoms in total. The highest BCUT2D eigenvalue weighted by molar-refractivity contribution is 5.64. The highest BCUT2D eigenvalue weighted by Gasteiger charge is 2.12. The van der Waals surface area contributed by atoms with Crippen LogP contribution in [0.1, 0.15) is 19.3 Å². The van der Waals surface area contributed by atoms with Crippen molar-refractivity contribution in [3.05, 3.63) is 0 Å². The molecule has 11 heavy (non-hydrogen) atoms. The van der Waals surface area contributed by atoms with Crippen LogP contribution >= 0.6 is 0 Å². The number of carboxylic acid groups (broad SMARTS) is 1. The van der Waals surface area contributed by atoms with E-state index < -0.39 is 6.09 Å². The van der Waals surface area contributed by atoms with Crippen LogP contribution in [0.15, 0.2) is 0 Å². The Labute approximate surface area is 66.0 Å². The Morgan fingerprint density at radius 3 is 3.09 bits per heavy atom. The summed E-state index contributed by atoms with van der Waals surface area (Å²) < 4.78 is 0. The Hall–Kier alpha value is -0.770. The molecular weight excluding hydrogens is 144 g/mol. The molecular formula is C7H14N2O2. The number of carbonyl (C=O) groups is 1. The van der Waals surface area contributed by atoms with Crippen molar-refractivity contribution < 1.29 is 9.90 Å². The first-order valence-corrected chi connectivity index (χ1v) is 3.99. The summed E-state index contributed by atoms with van der Waals surface area (Å²) in [5, 5.41) is 14.1. The van der Waals surface area contributed by atoms with Crippen LogP contribution in [-0.4, -0.2) is 30.3 Å². The molecule has 64 valence electrons. The minimum absolute atomic E-state index is 0.106. The molecule has 0 aliphatic carbocycles. The maximum absolute atomic E-state index is 10.2. The van der Waals surface area contributed by atoms with Crippen molar-refractivity contribution in [1.29, 1.82) is 0 Å². The molecule has 0 spiro atoms. The van der Waals surface area contributed by atoms with Gasteiger partial charge in [-0.1, -0.05) is 6.42 Å². The normalized spacial score (nSPS) is 25.6. The zero-order valence-corrected chi connectivity index (χ0v) is 6.47. The van der Waals surface area contributed by atoms with Gasteiger partial charge >= 0.3 is 6.09 Å². The third-order valence-electron chi connectivity index (χ3n) is 1.87. The maximum Gasteiger partial charge on any atom is 0.404 e. The van der Waals surface area contributed by atoms with Gasteiger partial charge in [-0.2, -0.15) is 0 Å². The lowest BCUT2D eigenvalue weighted by atomic mass is 10.1. The smallest absolute Gasteiger partial charge is 0.404 e. The molecule has 0 bridgehead atoms. The first-order valence-electron chi connectivity index (χ1n) is 3.99. The first-order chi connectivity index (χ1) is 5.29. The van der Waals surface area contributed by atoms with Crippen LogP contribution in [0.2, 0.25) is 0 Å². The molecule has 0 saturated carbocycles. The van der Waals surface area contributed by atoms with Crippen molar-refractivity contribution in [3.8, 4) is 0 Å². The van der Waals surface area contributed by atoms with Crippen LogP contribution in [0, 0.1) is 0 Å². The molecule has 1 heterocycles. The lowest BCUT2D eigenvalue weighted by molar-refractivity contribution is 0.189. The van der Waals surface area contributed by atoms with E-state index in [0.29, 0.717) is 0 Å². The molecule has 0 aromatic rings. The number of rotatable bonds is 1. The summed E-state index contributed by atoms with van der Waals surface area (Å²) in [4.78, 5) is 10.2. The first kappa shape index (κ1) is 8.33. The monoisotopic (exact) mass is 158 g/mol. The van der Waals surface area contributed by atoms with Crippen LogP contribution in [0.4, 0.5) is 4.79 Å². The van der Waals surface area contributed by atoms with E-state index in [0.717, 1.165) is 32.4 Å². The average Bonchev–Trinajstić information content (AvgIpc) is 2.14. The van der Waals surface area contributed by atoms with Gasteiger partial charge in [0.05, 0.1) is 0 Å². The van der Waals surface area contributed by atoms with E-state index in [1.54, 1.807) is 0 Å². The van der Waals surface area contributed by atoms with E-state index in [1.807, 2.05) is 0 Å². The molecule has 4 heteroatoms. The zero-order chi connectivity index (χ0) is 8.10. The number of hydrogen-bond donors (Lipinski definition) is 3. The van der Waals surface area contributed by atoms with Gasteiger partial charge in [-0.05, 0) is 19.4 Å². The van der Waals surface area contributed by atoms with Crippen LogP contribution in [0.5, 0.6) is 0 Å². The lowest BCUT2D eigenvalue weighted by Gasteiger charge is -2.12. The molecule has 0 radical (unpaired) electrons. The topological polar surface area (TPSA) is 61.4 Å². The second kappa shape index (κ2) is 4.18. The number of hydrogen-bond acceptors (Lipinski definition) is 2. The summed E-state index contributed by atoms with van der Waals surface area (Å²) in [5.74, 6) is 0. The molecule has 0 aromatic carbocycles. The fourth-order valence-corrected chi connectivity index (χ4v) is 1.32. The van der Waals surface area contributed by atoms with Gasteiger partial charge in [0.25, 0.3) is 0 Å². The van der Waals surface area contributed by atoms with Crippen molar-refractivity contribution in [2.24, 2.45) is 0 Å². The molecule has 1 atom stereocenters. The standard InChI is InChI=1S/C7H14N2O2/c10-7(11)9-6-3-1-2-4-8-5-6/h6,8-9H,1-5H2,(H,10,11)/t6-/m1/s1. The van der Waals surface area contributed by atoms with Crippen LogP contribution in [-0.2, 0) is 0 Å². The molecule has 0 aromatic heterocycles. The molecule has 0 unspecified atom stereocenters. The van der Waals surface area contributed by atoms with E-state index in [1.165, 1.54) is 0 Å². The fourth-order valence-electron chi connectivity index (χ4n) is 1.32. The van der Waals surface area contributed by atoms with Crippen LogP contribution < -0.4 is 10.6 Å². The number of amides is 1. The Morgan fingerprint density at radius 1 is 1.55 bits per heavy atom.